The predicted octanol–water partition coefficient (Wildman–Crippen LogP) is 7.99. The lowest BCUT2D eigenvalue weighted by Crippen LogP contribution is -2.21. The first-order valence-electron chi connectivity index (χ1n) is 13.2. The van der Waals surface area contributed by atoms with Crippen molar-refractivity contribution in [2.45, 2.75) is 0 Å². The Labute approximate surface area is 230 Å². The van der Waals surface area contributed by atoms with Crippen molar-refractivity contribution in [1.82, 2.24) is 24.5 Å². The van der Waals surface area contributed by atoms with E-state index in [1.54, 1.807) is 0 Å². The van der Waals surface area contributed by atoms with Crippen molar-refractivity contribution in [2.24, 2.45) is 0 Å². The number of hydrogen-bond donors (Lipinski definition) is 0. The van der Waals surface area contributed by atoms with Crippen LogP contribution in [0.2, 0.25) is 0 Å². The van der Waals surface area contributed by atoms with E-state index >= 15 is 0 Å². The molecule has 188 valence electrons. The fraction of sp³-hybridized carbons (Fsp3) is 0. The molecule has 0 radical (unpaired) electrons. The number of para-hydroxylation sites is 3. The third-order valence-electron chi connectivity index (χ3n) is 7.18. The summed E-state index contributed by atoms with van der Waals surface area (Å²) in [5, 5.41) is 0. The number of rotatable bonds is 4. The summed E-state index contributed by atoms with van der Waals surface area (Å²) in [6.07, 6.45) is 0. The molecule has 6 nitrogen and oxygen atoms in total. The molecule has 0 amide bonds. The lowest BCUT2D eigenvalue weighted by atomic mass is 10.1. The fourth-order valence-corrected chi connectivity index (χ4v) is 5.39. The van der Waals surface area contributed by atoms with Gasteiger partial charge in [0.15, 0.2) is 11.6 Å². The van der Waals surface area contributed by atoms with E-state index in [-0.39, 0.29) is 0 Å². The number of nitrogens with zero attached hydrogens (tertiary/aromatic N) is 6. The molecule has 0 bridgehead atoms. The van der Waals surface area contributed by atoms with Crippen LogP contribution in [0.25, 0.3) is 50.9 Å². The van der Waals surface area contributed by atoms with Crippen LogP contribution in [0.4, 0.5) is 17.3 Å². The van der Waals surface area contributed by atoms with E-state index < -0.39 is 0 Å². The zero-order chi connectivity index (χ0) is 26.5. The average molecular weight is 515 g/mol. The molecule has 0 unspecified atom stereocenters. The number of benzene rings is 5. The van der Waals surface area contributed by atoms with Gasteiger partial charge in [-0.1, -0.05) is 109 Å². The van der Waals surface area contributed by atoms with Gasteiger partial charge in [-0.05, 0) is 24.3 Å². The van der Waals surface area contributed by atoms with Gasteiger partial charge in [-0.25, -0.2) is 9.97 Å². The molecule has 0 saturated carbocycles. The highest BCUT2D eigenvalue weighted by Crippen LogP contribution is 2.47. The van der Waals surface area contributed by atoms with Gasteiger partial charge in [0.05, 0.1) is 28.1 Å². The Morgan fingerprint density at radius 1 is 0.400 bits per heavy atom. The Morgan fingerprint density at radius 2 is 0.925 bits per heavy atom. The lowest BCUT2D eigenvalue weighted by Gasteiger charge is -2.31. The molecule has 7 aromatic rings. The second kappa shape index (κ2) is 8.99. The largest absolute Gasteiger partial charge is 0.288 e. The van der Waals surface area contributed by atoms with Crippen LogP contribution in [0.1, 0.15) is 0 Å². The van der Waals surface area contributed by atoms with Crippen molar-refractivity contribution in [3.05, 3.63) is 133 Å². The Kier molecular flexibility index (Phi) is 5.03. The van der Waals surface area contributed by atoms with Crippen molar-refractivity contribution in [1.29, 1.82) is 0 Å². The minimum Gasteiger partial charge on any atom is -0.288 e. The topological polar surface area (TPSA) is 59.7 Å². The van der Waals surface area contributed by atoms with Gasteiger partial charge in [0.2, 0.25) is 5.95 Å². The second-order valence-corrected chi connectivity index (χ2v) is 9.62. The summed E-state index contributed by atoms with van der Waals surface area (Å²) in [4.78, 5) is 22.2. The van der Waals surface area contributed by atoms with E-state index in [0.717, 1.165) is 50.6 Å². The molecule has 0 N–H and O–H groups in total. The smallest absolute Gasteiger partial charge is 0.238 e. The first-order valence-corrected chi connectivity index (χ1v) is 13.2. The van der Waals surface area contributed by atoms with E-state index in [1.807, 2.05) is 91.0 Å². The number of anilines is 3. The minimum absolute atomic E-state index is 0.557. The maximum absolute atomic E-state index is 5.09. The van der Waals surface area contributed by atoms with Crippen molar-refractivity contribution in [3.63, 3.8) is 0 Å². The monoisotopic (exact) mass is 514 g/mol. The molecular weight excluding hydrogens is 492 g/mol. The SMILES string of the molecule is c1ccc(-c2nc(-c3ccccc3)nc(N3c4ccccc4-n4c(-c5ccccc5)nc5cccc3c54)n2)cc1. The molecule has 40 heavy (non-hydrogen) atoms. The summed E-state index contributed by atoms with van der Waals surface area (Å²) in [5.74, 6) is 2.71. The molecule has 0 fully saturated rings. The third-order valence-corrected chi connectivity index (χ3v) is 7.18. The summed E-state index contributed by atoms with van der Waals surface area (Å²) >= 11 is 0. The van der Waals surface area contributed by atoms with Crippen LogP contribution >= 0.6 is 0 Å². The highest BCUT2D eigenvalue weighted by molar-refractivity contribution is 6.02. The van der Waals surface area contributed by atoms with E-state index in [4.69, 9.17) is 19.9 Å². The average Bonchev–Trinajstić information content (AvgIpc) is 3.43. The molecule has 1 aliphatic rings. The molecule has 1 aliphatic heterocycles. The second-order valence-electron chi connectivity index (χ2n) is 9.62. The Morgan fingerprint density at radius 3 is 1.55 bits per heavy atom. The van der Waals surface area contributed by atoms with Gasteiger partial charge < -0.3 is 0 Å². The molecule has 5 aromatic carbocycles. The molecule has 6 heteroatoms. The van der Waals surface area contributed by atoms with Crippen LogP contribution < -0.4 is 4.90 Å². The minimum atomic E-state index is 0.557. The maximum atomic E-state index is 5.09. The van der Waals surface area contributed by atoms with Crippen LogP contribution in [0.3, 0.4) is 0 Å². The molecule has 2 aromatic heterocycles. The van der Waals surface area contributed by atoms with Crippen LogP contribution in [0.15, 0.2) is 133 Å². The van der Waals surface area contributed by atoms with Crippen LogP contribution in [0, 0.1) is 0 Å². The summed E-state index contributed by atoms with van der Waals surface area (Å²) in [6, 6.07) is 45.0. The Balaban J connectivity index is 1.42. The highest BCUT2D eigenvalue weighted by Gasteiger charge is 2.31. The molecule has 8 rings (SSSR count). The first-order chi connectivity index (χ1) is 19.8. The van der Waals surface area contributed by atoms with Gasteiger partial charge in [-0.2, -0.15) is 9.97 Å². The standard InChI is InChI=1S/C34H22N6/c1-4-13-23(14-5-1)31-36-32(24-15-6-2-7-16-24)38-34(37-31)39-27-20-10-11-21-28(27)40-30-26(19-12-22-29(30)39)35-33(40)25-17-8-3-9-18-25/h1-22H. The molecule has 0 aliphatic carbocycles. The van der Waals surface area contributed by atoms with Crippen molar-refractivity contribution < 1.29 is 0 Å². The molecule has 0 saturated heterocycles. The summed E-state index contributed by atoms with van der Waals surface area (Å²) in [6.45, 7) is 0. The molecular formula is C34H22N6. The van der Waals surface area contributed by atoms with Crippen LogP contribution in [-0.2, 0) is 0 Å². The van der Waals surface area contributed by atoms with Gasteiger partial charge >= 0.3 is 0 Å². The summed E-state index contributed by atoms with van der Waals surface area (Å²) in [5.41, 5.74) is 7.82. The van der Waals surface area contributed by atoms with Crippen molar-refractivity contribution >= 4 is 28.4 Å². The maximum Gasteiger partial charge on any atom is 0.238 e. The van der Waals surface area contributed by atoms with E-state index in [1.165, 1.54) is 0 Å². The summed E-state index contributed by atoms with van der Waals surface area (Å²) < 4.78 is 2.25. The number of imidazole rings is 1. The van der Waals surface area contributed by atoms with Gasteiger partial charge in [0.1, 0.15) is 5.82 Å². The highest BCUT2D eigenvalue weighted by atomic mass is 15.3. The van der Waals surface area contributed by atoms with E-state index in [9.17, 15) is 0 Å². The first kappa shape index (κ1) is 22.4. The van der Waals surface area contributed by atoms with Crippen LogP contribution in [0.5, 0.6) is 0 Å². The lowest BCUT2D eigenvalue weighted by molar-refractivity contribution is 0.995. The van der Waals surface area contributed by atoms with Crippen LogP contribution in [-0.4, -0.2) is 24.5 Å². The normalized spacial score (nSPS) is 11.9. The molecule has 0 atom stereocenters. The van der Waals surface area contributed by atoms with Gasteiger partial charge in [-0.15, -0.1) is 0 Å². The number of hydrogen-bond acceptors (Lipinski definition) is 5. The Bertz CT molecular complexity index is 1940. The van der Waals surface area contributed by atoms with Crippen molar-refractivity contribution in [2.75, 3.05) is 4.90 Å². The van der Waals surface area contributed by atoms with Gasteiger partial charge in [0, 0.05) is 16.7 Å². The van der Waals surface area contributed by atoms with E-state index in [2.05, 4.69) is 51.9 Å². The predicted molar refractivity (Wildman–Crippen MR) is 159 cm³/mol. The fourth-order valence-electron chi connectivity index (χ4n) is 5.39. The van der Waals surface area contributed by atoms with Crippen molar-refractivity contribution in [3.8, 4) is 39.9 Å². The summed E-state index contributed by atoms with van der Waals surface area (Å²) in [7, 11) is 0. The zero-order valence-corrected chi connectivity index (χ0v) is 21.4. The Hall–Kier alpha value is -5.62. The molecule has 3 heterocycles. The van der Waals surface area contributed by atoms with E-state index in [0.29, 0.717) is 17.6 Å². The van der Waals surface area contributed by atoms with Gasteiger partial charge in [-0.3, -0.25) is 9.47 Å². The quantitative estimate of drug-likeness (QED) is 0.238. The molecule has 0 spiro atoms. The zero-order valence-electron chi connectivity index (χ0n) is 21.4. The van der Waals surface area contributed by atoms with Gasteiger partial charge in [0.25, 0.3) is 0 Å². The number of aromatic nitrogens is 5. The number of fused-ring (bicyclic) bond motifs is 2. The third kappa shape index (κ3) is 3.50.